The van der Waals surface area contributed by atoms with Crippen LogP contribution in [0.2, 0.25) is 0 Å². The molecule has 3 rings (SSSR count). The molecule has 1 fully saturated rings. The van der Waals surface area contributed by atoms with Crippen LogP contribution in [-0.4, -0.2) is 40.8 Å². The van der Waals surface area contributed by atoms with Gasteiger partial charge in [0.25, 0.3) is 11.5 Å². The van der Waals surface area contributed by atoms with Crippen LogP contribution in [0.15, 0.2) is 47.3 Å². The summed E-state index contributed by atoms with van der Waals surface area (Å²) in [6.45, 7) is 4.56. The normalized spacial score (nSPS) is 19.1. The van der Waals surface area contributed by atoms with E-state index in [1.54, 1.807) is 17.0 Å². The maximum atomic E-state index is 12.9. The lowest BCUT2D eigenvalue weighted by molar-refractivity contribution is -0.119. The molecule has 1 aromatic carbocycles. The Morgan fingerprint density at radius 2 is 1.89 bits per heavy atom. The van der Waals surface area contributed by atoms with Gasteiger partial charge in [0.05, 0.1) is 6.04 Å². The summed E-state index contributed by atoms with van der Waals surface area (Å²) in [6, 6.07) is 12.8. The average Bonchev–Trinajstić information content (AvgIpc) is 3.04. The predicted molar refractivity (Wildman–Crippen MR) is 104 cm³/mol. The van der Waals surface area contributed by atoms with Gasteiger partial charge in [-0.15, -0.1) is 0 Å². The van der Waals surface area contributed by atoms with E-state index in [1.807, 2.05) is 30.3 Å². The lowest BCUT2D eigenvalue weighted by atomic mass is 9.98. The van der Waals surface area contributed by atoms with Crippen molar-refractivity contribution in [3.63, 3.8) is 0 Å². The Kier molecular flexibility index (Phi) is 5.74. The number of nitrogens with one attached hydrogen (secondary N) is 2. The van der Waals surface area contributed by atoms with Gasteiger partial charge in [-0.25, -0.2) is 0 Å². The number of amides is 2. The minimum absolute atomic E-state index is 0.0610. The van der Waals surface area contributed by atoms with Gasteiger partial charge in [-0.1, -0.05) is 43.7 Å². The van der Waals surface area contributed by atoms with Gasteiger partial charge < -0.3 is 15.2 Å². The lowest BCUT2D eigenvalue weighted by Crippen LogP contribution is -2.40. The molecule has 2 amide bonds. The molecule has 2 N–H and O–H groups in total. The molecule has 27 heavy (non-hydrogen) atoms. The fraction of sp³-hybridized carbons (Fsp3) is 0.381. The molecule has 0 bridgehead atoms. The van der Waals surface area contributed by atoms with Gasteiger partial charge >= 0.3 is 0 Å². The smallest absolute Gasteiger partial charge is 0.261 e. The van der Waals surface area contributed by atoms with Crippen molar-refractivity contribution < 1.29 is 9.59 Å². The number of carbonyl (C=O) groups excluding carboxylic acids is 2. The Balaban J connectivity index is 1.79. The van der Waals surface area contributed by atoms with E-state index in [0.29, 0.717) is 18.8 Å². The highest BCUT2D eigenvalue weighted by atomic mass is 16.2. The quantitative estimate of drug-likeness (QED) is 0.851. The zero-order chi connectivity index (χ0) is 19.4. The van der Waals surface area contributed by atoms with Crippen LogP contribution in [0.25, 0.3) is 11.3 Å². The molecule has 2 atom stereocenters. The summed E-state index contributed by atoms with van der Waals surface area (Å²) >= 11 is 0. The predicted octanol–water partition coefficient (Wildman–Crippen LogP) is 2.42. The lowest BCUT2D eigenvalue weighted by Gasteiger charge is -2.17. The molecule has 6 nitrogen and oxygen atoms in total. The molecular formula is C21H25N3O3. The highest BCUT2D eigenvalue weighted by Crippen LogP contribution is 2.23. The zero-order valence-corrected chi connectivity index (χ0v) is 15.7. The van der Waals surface area contributed by atoms with E-state index in [9.17, 15) is 14.4 Å². The summed E-state index contributed by atoms with van der Waals surface area (Å²) in [5, 5.41) is 2.94. The number of rotatable bonds is 5. The molecule has 2 heterocycles. The number of pyridine rings is 1. The van der Waals surface area contributed by atoms with Crippen molar-refractivity contribution in [1.82, 2.24) is 15.2 Å². The van der Waals surface area contributed by atoms with Crippen molar-refractivity contribution in [2.45, 2.75) is 32.7 Å². The van der Waals surface area contributed by atoms with Crippen molar-refractivity contribution >= 4 is 11.8 Å². The second-order valence-electron chi connectivity index (χ2n) is 7.05. The third kappa shape index (κ3) is 4.27. The molecule has 1 aromatic heterocycles. The number of hydrogen-bond donors (Lipinski definition) is 2. The fourth-order valence-electron chi connectivity index (χ4n) is 3.72. The van der Waals surface area contributed by atoms with Crippen molar-refractivity contribution in [2.75, 3.05) is 13.1 Å². The van der Waals surface area contributed by atoms with Crippen molar-refractivity contribution in [3.05, 3.63) is 58.4 Å². The summed E-state index contributed by atoms with van der Waals surface area (Å²) in [5.41, 5.74) is 1.31. The zero-order valence-electron chi connectivity index (χ0n) is 15.7. The van der Waals surface area contributed by atoms with Crippen molar-refractivity contribution in [1.29, 1.82) is 0 Å². The van der Waals surface area contributed by atoms with E-state index in [2.05, 4.69) is 17.2 Å². The third-order valence-corrected chi connectivity index (χ3v) is 5.00. The summed E-state index contributed by atoms with van der Waals surface area (Å²) in [4.78, 5) is 41.3. The van der Waals surface area contributed by atoms with E-state index < -0.39 is 5.56 Å². The van der Waals surface area contributed by atoms with E-state index >= 15 is 0 Å². The van der Waals surface area contributed by atoms with Crippen LogP contribution in [0.1, 0.15) is 37.0 Å². The van der Waals surface area contributed by atoms with Crippen molar-refractivity contribution in [2.24, 2.45) is 5.92 Å². The van der Waals surface area contributed by atoms with Crippen LogP contribution in [-0.2, 0) is 4.79 Å². The first-order valence-corrected chi connectivity index (χ1v) is 9.34. The molecule has 1 saturated heterocycles. The van der Waals surface area contributed by atoms with E-state index in [0.717, 1.165) is 18.4 Å². The van der Waals surface area contributed by atoms with Gasteiger partial charge in [0, 0.05) is 25.7 Å². The van der Waals surface area contributed by atoms with Gasteiger partial charge in [-0.3, -0.25) is 14.4 Å². The van der Waals surface area contributed by atoms with Crippen LogP contribution < -0.4 is 10.9 Å². The average molecular weight is 367 g/mol. The summed E-state index contributed by atoms with van der Waals surface area (Å²) in [5.74, 6) is -0.171. The van der Waals surface area contributed by atoms with Crippen LogP contribution in [0.4, 0.5) is 0 Å². The van der Waals surface area contributed by atoms with Crippen LogP contribution >= 0.6 is 0 Å². The van der Waals surface area contributed by atoms with Gasteiger partial charge in [0.15, 0.2) is 0 Å². The first kappa shape index (κ1) is 18.9. The summed E-state index contributed by atoms with van der Waals surface area (Å²) in [7, 11) is 0. The second-order valence-corrected chi connectivity index (χ2v) is 7.05. The largest absolute Gasteiger partial charge is 0.351 e. The highest BCUT2D eigenvalue weighted by Gasteiger charge is 2.36. The van der Waals surface area contributed by atoms with Gasteiger partial charge in [-0.05, 0) is 30.0 Å². The first-order chi connectivity index (χ1) is 13.0. The molecule has 0 aliphatic carbocycles. The summed E-state index contributed by atoms with van der Waals surface area (Å²) < 4.78 is 0. The number of carbonyl (C=O) groups is 2. The maximum Gasteiger partial charge on any atom is 0.261 e. The monoisotopic (exact) mass is 367 g/mol. The minimum Gasteiger partial charge on any atom is -0.351 e. The fourth-order valence-corrected chi connectivity index (χ4v) is 3.72. The molecular weight excluding hydrogens is 342 g/mol. The van der Waals surface area contributed by atoms with Crippen LogP contribution in [0.5, 0.6) is 0 Å². The number of likely N-dealkylation sites (tertiary alicyclic amines) is 1. The Bertz CT molecular complexity index is 876. The van der Waals surface area contributed by atoms with Gasteiger partial charge in [0.1, 0.15) is 5.56 Å². The maximum absolute atomic E-state index is 12.9. The number of nitrogens with zero attached hydrogens (tertiary/aromatic N) is 1. The van der Waals surface area contributed by atoms with Crippen molar-refractivity contribution in [3.8, 4) is 11.3 Å². The minimum atomic E-state index is -0.392. The number of benzene rings is 1. The number of H-pyrrole nitrogens is 1. The second kappa shape index (κ2) is 8.20. The third-order valence-electron chi connectivity index (χ3n) is 5.00. The standard InChI is InChI=1S/C21H25N3O3/c1-3-7-16-12-24(13-19(16)22-14(2)25)21(27)17-10-11-18(23-20(17)26)15-8-5-4-6-9-15/h4-6,8-11,16,19H,3,7,12-13H2,1-2H3,(H,22,25)(H,23,26)/t16-,19-/m1/s1. The van der Waals surface area contributed by atoms with E-state index in [4.69, 9.17) is 0 Å². The first-order valence-electron chi connectivity index (χ1n) is 9.34. The molecule has 1 aliphatic rings. The van der Waals surface area contributed by atoms with Crippen LogP contribution in [0, 0.1) is 5.92 Å². The molecule has 2 aromatic rings. The molecule has 0 radical (unpaired) electrons. The number of hydrogen-bond acceptors (Lipinski definition) is 3. The molecule has 0 unspecified atom stereocenters. The molecule has 0 spiro atoms. The topological polar surface area (TPSA) is 82.3 Å². The van der Waals surface area contributed by atoms with E-state index in [1.165, 1.54) is 6.92 Å². The van der Waals surface area contributed by atoms with E-state index in [-0.39, 0.29) is 29.3 Å². The number of aromatic amines is 1. The Labute approximate surface area is 158 Å². The SMILES string of the molecule is CCC[C@@H]1CN(C(=O)c2ccc(-c3ccccc3)[nH]c2=O)C[C@H]1NC(C)=O. The van der Waals surface area contributed by atoms with Gasteiger partial charge in [0.2, 0.25) is 5.91 Å². The Hall–Kier alpha value is -2.89. The molecule has 1 aliphatic heterocycles. The Morgan fingerprint density at radius 3 is 2.52 bits per heavy atom. The molecule has 6 heteroatoms. The highest BCUT2D eigenvalue weighted by molar-refractivity contribution is 5.94. The summed E-state index contributed by atoms with van der Waals surface area (Å²) in [6.07, 6.45) is 1.91. The van der Waals surface area contributed by atoms with Crippen LogP contribution in [0.3, 0.4) is 0 Å². The molecule has 142 valence electrons. The Morgan fingerprint density at radius 1 is 1.15 bits per heavy atom. The molecule has 0 saturated carbocycles. The van der Waals surface area contributed by atoms with Gasteiger partial charge in [-0.2, -0.15) is 0 Å². The number of aromatic nitrogens is 1.